The fourth-order valence-corrected chi connectivity index (χ4v) is 3.07. The molecule has 5 nitrogen and oxygen atoms in total. The smallest absolute Gasteiger partial charge is 0.251 e. The molecule has 0 saturated carbocycles. The van der Waals surface area contributed by atoms with Crippen LogP contribution >= 0.6 is 0 Å². The van der Waals surface area contributed by atoms with E-state index in [1.807, 2.05) is 14.0 Å². The predicted molar refractivity (Wildman–Crippen MR) is 78.9 cm³/mol. The van der Waals surface area contributed by atoms with Crippen LogP contribution in [0.5, 0.6) is 0 Å². The van der Waals surface area contributed by atoms with Crippen LogP contribution in [0.1, 0.15) is 12.5 Å². The number of carbonyl (C=O) groups excluding carboxylic acids is 1. The zero-order chi connectivity index (χ0) is 15.7. The topological polar surface area (TPSA) is 50.8 Å². The summed E-state index contributed by atoms with van der Waals surface area (Å²) in [5, 5.41) is 2.94. The number of morpholine rings is 1. The number of ether oxygens (including phenoxy) is 2. The van der Waals surface area contributed by atoms with E-state index in [2.05, 4.69) is 10.2 Å². The van der Waals surface area contributed by atoms with Gasteiger partial charge in [0.25, 0.3) is 5.91 Å². The van der Waals surface area contributed by atoms with Crippen molar-refractivity contribution in [2.75, 3.05) is 33.4 Å². The van der Waals surface area contributed by atoms with Crippen molar-refractivity contribution in [3.63, 3.8) is 0 Å². The van der Waals surface area contributed by atoms with Crippen LogP contribution in [-0.2, 0) is 19.8 Å². The molecule has 22 heavy (non-hydrogen) atoms. The van der Waals surface area contributed by atoms with Crippen LogP contribution in [0, 0.1) is 5.82 Å². The molecule has 2 fully saturated rings. The first kappa shape index (κ1) is 15.4. The summed E-state index contributed by atoms with van der Waals surface area (Å²) in [6.07, 6.45) is -0.547. The second kappa shape index (κ2) is 5.95. The molecule has 6 heteroatoms. The predicted octanol–water partition coefficient (Wildman–Crippen LogP) is 0.887. The molecular formula is C16H21FN2O3. The molecule has 0 aromatic heterocycles. The molecule has 1 amide bonds. The van der Waals surface area contributed by atoms with Crippen molar-refractivity contribution in [3.05, 3.63) is 35.6 Å². The molecule has 2 aliphatic heterocycles. The van der Waals surface area contributed by atoms with Gasteiger partial charge in [-0.2, -0.15) is 0 Å². The van der Waals surface area contributed by atoms with Gasteiger partial charge in [0.05, 0.1) is 19.3 Å². The number of likely N-dealkylation sites (N-methyl/N-ethyl adjacent to an activating group) is 1. The van der Waals surface area contributed by atoms with E-state index in [1.54, 1.807) is 18.2 Å². The van der Waals surface area contributed by atoms with Crippen LogP contribution in [-0.4, -0.2) is 56.4 Å². The SMILES string of the molecule is C[C@@H]1CN(C)C[C@H](C(=O)NC2(c3ccccc3F)COC2)O1. The van der Waals surface area contributed by atoms with Gasteiger partial charge in [0, 0.05) is 18.7 Å². The van der Waals surface area contributed by atoms with Crippen molar-refractivity contribution in [3.8, 4) is 0 Å². The van der Waals surface area contributed by atoms with Gasteiger partial charge in [-0.3, -0.25) is 4.79 Å². The Morgan fingerprint density at radius 2 is 2.09 bits per heavy atom. The molecular weight excluding hydrogens is 287 g/mol. The van der Waals surface area contributed by atoms with Crippen LogP contribution in [0.2, 0.25) is 0 Å². The molecule has 1 N–H and O–H groups in total. The Labute approximate surface area is 129 Å². The number of carbonyl (C=O) groups is 1. The Kier molecular flexibility index (Phi) is 4.16. The van der Waals surface area contributed by atoms with E-state index in [0.29, 0.717) is 12.1 Å². The van der Waals surface area contributed by atoms with Crippen molar-refractivity contribution in [2.45, 2.75) is 24.7 Å². The maximum atomic E-state index is 14.1. The van der Waals surface area contributed by atoms with Crippen molar-refractivity contribution in [2.24, 2.45) is 0 Å². The number of nitrogens with zero attached hydrogens (tertiary/aromatic N) is 1. The van der Waals surface area contributed by atoms with E-state index >= 15 is 0 Å². The molecule has 2 saturated heterocycles. The third-order valence-corrected chi connectivity index (χ3v) is 4.18. The van der Waals surface area contributed by atoms with Gasteiger partial charge in [0.15, 0.2) is 0 Å². The van der Waals surface area contributed by atoms with E-state index in [0.717, 1.165) is 6.54 Å². The summed E-state index contributed by atoms with van der Waals surface area (Å²) >= 11 is 0. The van der Waals surface area contributed by atoms with Gasteiger partial charge < -0.3 is 19.7 Å². The fourth-order valence-electron chi connectivity index (χ4n) is 3.07. The Balaban J connectivity index is 1.75. The molecule has 0 unspecified atom stereocenters. The van der Waals surface area contributed by atoms with E-state index in [9.17, 15) is 9.18 Å². The van der Waals surface area contributed by atoms with Crippen molar-refractivity contribution in [1.82, 2.24) is 10.2 Å². The first-order valence-electron chi connectivity index (χ1n) is 7.49. The Hall–Kier alpha value is -1.50. The molecule has 1 aromatic rings. The number of hydrogen-bond acceptors (Lipinski definition) is 4. The summed E-state index contributed by atoms with van der Waals surface area (Å²) in [5.74, 6) is -0.550. The number of benzene rings is 1. The van der Waals surface area contributed by atoms with E-state index in [-0.39, 0.29) is 31.0 Å². The minimum Gasteiger partial charge on any atom is -0.376 e. The molecule has 0 spiro atoms. The van der Waals surface area contributed by atoms with Gasteiger partial charge >= 0.3 is 0 Å². The lowest BCUT2D eigenvalue weighted by Gasteiger charge is -2.44. The number of hydrogen-bond donors (Lipinski definition) is 1. The van der Waals surface area contributed by atoms with Crippen LogP contribution in [0.4, 0.5) is 4.39 Å². The van der Waals surface area contributed by atoms with E-state index < -0.39 is 11.6 Å². The molecule has 0 radical (unpaired) electrons. The van der Waals surface area contributed by atoms with E-state index in [4.69, 9.17) is 9.47 Å². The maximum absolute atomic E-state index is 14.1. The summed E-state index contributed by atoms with van der Waals surface area (Å²) in [5.41, 5.74) is -0.322. The standard InChI is InChI=1S/C16H21FN2O3/c1-11-7-19(2)8-14(22-11)15(20)18-16(9-21-10-16)12-5-3-4-6-13(12)17/h3-6,11,14H,7-10H2,1-2H3,(H,18,20)/t11-,14-/m1/s1. The Morgan fingerprint density at radius 1 is 1.36 bits per heavy atom. The summed E-state index contributed by atoms with van der Waals surface area (Å²) in [6, 6.07) is 6.48. The first-order chi connectivity index (χ1) is 10.5. The monoisotopic (exact) mass is 308 g/mol. The van der Waals surface area contributed by atoms with Gasteiger partial charge in [-0.05, 0) is 20.0 Å². The molecule has 0 aliphatic carbocycles. The first-order valence-corrected chi connectivity index (χ1v) is 7.49. The molecule has 1 aromatic carbocycles. The summed E-state index contributed by atoms with van der Waals surface area (Å²) in [6.45, 7) is 3.82. The lowest BCUT2D eigenvalue weighted by Crippen LogP contribution is -2.63. The summed E-state index contributed by atoms with van der Waals surface area (Å²) < 4.78 is 25.0. The van der Waals surface area contributed by atoms with Crippen molar-refractivity contribution in [1.29, 1.82) is 0 Å². The summed E-state index contributed by atoms with van der Waals surface area (Å²) in [4.78, 5) is 14.6. The van der Waals surface area contributed by atoms with Gasteiger partial charge in [0.2, 0.25) is 0 Å². The molecule has 120 valence electrons. The van der Waals surface area contributed by atoms with Crippen molar-refractivity contribution < 1.29 is 18.7 Å². The van der Waals surface area contributed by atoms with Crippen LogP contribution in [0.3, 0.4) is 0 Å². The Morgan fingerprint density at radius 3 is 2.68 bits per heavy atom. The second-order valence-electron chi connectivity index (χ2n) is 6.20. The summed E-state index contributed by atoms with van der Waals surface area (Å²) in [7, 11) is 1.96. The third-order valence-electron chi connectivity index (χ3n) is 4.18. The third kappa shape index (κ3) is 2.86. The normalized spacial score (nSPS) is 28.0. The van der Waals surface area contributed by atoms with Crippen LogP contribution < -0.4 is 5.32 Å². The number of nitrogens with one attached hydrogen (secondary N) is 1. The lowest BCUT2D eigenvalue weighted by atomic mass is 9.87. The molecule has 2 heterocycles. The van der Waals surface area contributed by atoms with Gasteiger partial charge in [-0.15, -0.1) is 0 Å². The molecule has 2 atom stereocenters. The van der Waals surface area contributed by atoms with Crippen LogP contribution in [0.15, 0.2) is 24.3 Å². The zero-order valence-corrected chi connectivity index (χ0v) is 12.8. The van der Waals surface area contributed by atoms with Crippen molar-refractivity contribution >= 4 is 5.91 Å². The molecule has 2 aliphatic rings. The minimum absolute atomic E-state index is 0.00319. The highest BCUT2D eigenvalue weighted by molar-refractivity contribution is 5.82. The van der Waals surface area contributed by atoms with E-state index in [1.165, 1.54) is 6.07 Å². The highest BCUT2D eigenvalue weighted by atomic mass is 19.1. The second-order valence-corrected chi connectivity index (χ2v) is 6.20. The zero-order valence-electron chi connectivity index (χ0n) is 12.8. The fraction of sp³-hybridized carbons (Fsp3) is 0.562. The van der Waals surface area contributed by atoms with Gasteiger partial charge in [-0.25, -0.2) is 4.39 Å². The van der Waals surface area contributed by atoms with Gasteiger partial charge in [0.1, 0.15) is 17.5 Å². The highest BCUT2D eigenvalue weighted by Gasteiger charge is 2.45. The van der Waals surface area contributed by atoms with Gasteiger partial charge in [-0.1, -0.05) is 18.2 Å². The number of halogens is 1. The average Bonchev–Trinajstić information content (AvgIpc) is 2.42. The molecule has 0 bridgehead atoms. The number of amides is 1. The molecule has 3 rings (SSSR count). The minimum atomic E-state index is -0.787. The lowest BCUT2D eigenvalue weighted by molar-refractivity contribution is -0.155. The van der Waals surface area contributed by atoms with Crippen LogP contribution in [0.25, 0.3) is 0 Å². The number of rotatable bonds is 3. The highest BCUT2D eigenvalue weighted by Crippen LogP contribution is 2.31. The Bertz CT molecular complexity index is 552. The average molecular weight is 308 g/mol. The largest absolute Gasteiger partial charge is 0.376 e. The quantitative estimate of drug-likeness (QED) is 0.901. The maximum Gasteiger partial charge on any atom is 0.251 e.